The van der Waals surface area contributed by atoms with Gasteiger partial charge in [0.15, 0.2) is 0 Å². The Morgan fingerprint density at radius 3 is 2.46 bits per heavy atom. The van der Waals surface area contributed by atoms with E-state index in [0.29, 0.717) is 18.4 Å². The number of primary amides is 1. The van der Waals surface area contributed by atoms with Crippen molar-refractivity contribution in [2.45, 2.75) is 31.2 Å². The number of nitrogens with zero attached hydrogens (tertiary/aromatic N) is 2. The number of hydrogen-bond donors (Lipinski definition) is 2. The van der Waals surface area contributed by atoms with Crippen LogP contribution in [-0.2, 0) is 4.79 Å². The molecule has 0 saturated heterocycles. The van der Waals surface area contributed by atoms with Gasteiger partial charge in [0.2, 0.25) is 5.91 Å². The van der Waals surface area contributed by atoms with Crippen molar-refractivity contribution in [3.05, 3.63) is 60.4 Å². The fraction of sp³-hybridized carbons (Fsp3) is 0.250. The zero-order valence-electron chi connectivity index (χ0n) is 14.3. The number of amides is 2. The van der Waals surface area contributed by atoms with Crippen LogP contribution in [0, 0.1) is 0 Å². The van der Waals surface area contributed by atoms with Crippen LogP contribution in [0.1, 0.15) is 36.0 Å². The average Bonchev–Trinajstić information content (AvgIpc) is 3.29. The lowest BCUT2D eigenvalue weighted by molar-refractivity contribution is -0.123. The average molecular weight is 348 g/mol. The first kappa shape index (κ1) is 16.3. The van der Waals surface area contributed by atoms with Crippen molar-refractivity contribution in [1.29, 1.82) is 0 Å². The molecule has 1 aromatic carbocycles. The van der Waals surface area contributed by atoms with E-state index in [1.54, 1.807) is 18.3 Å². The lowest BCUT2D eigenvalue weighted by atomic mass is 9.96. The van der Waals surface area contributed by atoms with Crippen LogP contribution in [0.15, 0.2) is 54.9 Å². The van der Waals surface area contributed by atoms with Gasteiger partial charge in [0.05, 0.1) is 11.3 Å². The SMILES string of the molecule is NC(=O)C1(NC(=O)c2ccc3nc(-c4ccccc4)cn3c2)CCCC1. The molecule has 3 aromatic rings. The maximum atomic E-state index is 12.7. The number of pyridine rings is 1. The topological polar surface area (TPSA) is 89.5 Å². The van der Waals surface area contributed by atoms with Gasteiger partial charge in [-0.3, -0.25) is 9.59 Å². The molecule has 2 amide bonds. The van der Waals surface area contributed by atoms with E-state index in [0.717, 1.165) is 29.7 Å². The third-order valence-electron chi connectivity index (χ3n) is 5.06. The van der Waals surface area contributed by atoms with E-state index in [2.05, 4.69) is 10.3 Å². The third-order valence-corrected chi connectivity index (χ3v) is 5.06. The maximum Gasteiger partial charge on any atom is 0.253 e. The highest BCUT2D eigenvalue weighted by Crippen LogP contribution is 2.29. The number of carbonyl (C=O) groups is 2. The van der Waals surface area contributed by atoms with Crippen LogP contribution in [0.5, 0.6) is 0 Å². The molecule has 6 heteroatoms. The molecule has 2 heterocycles. The van der Waals surface area contributed by atoms with E-state index < -0.39 is 11.4 Å². The Bertz CT molecular complexity index is 972. The number of rotatable bonds is 4. The molecule has 0 unspecified atom stereocenters. The molecule has 1 aliphatic carbocycles. The van der Waals surface area contributed by atoms with E-state index in [1.807, 2.05) is 40.9 Å². The first-order valence-corrected chi connectivity index (χ1v) is 8.74. The molecule has 0 radical (unpaired) electrons. The number of carbonyl (C=O) groups excluding carboxylic acids is 2. The summed E-state index contributed by atoms with van der Waals surface area (Å²) < 4.78 is 1.82. The van der Waals surface area contributed by atoms with Crippen molar-refractivity contribution in [3.63, 3.8) is 0 Å². The van der Waals surface area contributed by atoms with Gasteiger partial charge in [-0.25, -0.2) is 4.98 Å². The smallest absolute Gasteiger partial charge is 0.253 e. The molecule has 0 aliphatic heterocycles. The predicted molar refractivity (Wildman–Crippen MR) is 98.5 cm³/mol. The zero-order chi connectivity index (χ0) is 18.1. The highest BCUT2D eigenvalue weighted by Gasteiger charge is 2.41. The number of hydrogen-bond acceptors (Lipinski definition) is 3. The monoisotopic (exact) mass is 348 g/mol. The molecule has 2 aromatic heterocycles. The lowest BCUT2D eigenvalue weighted by Gasteiger charge is -2.26. The number of benzene rings is 1. The van der Waals surface area contributed by atoms with Gasteiger partial charge in [-0.2, -0.15) is 0 Å². The normalized spacial score (nSPS) is 15.8. The van der Waals surface area contributed by atoms with Crippen LogP contribution in [-0.4, -0.2) is 26.7 Å². The highest BCUT2D eigenvalue weighted by molar-refractivity contribution is 5.99. The van der Waals surface area contributed by atoms with E-state index in [9.17, 15) is 9.59 Å². The Morgan fingerprint density at radius 2 is 1.77 bits per heavy atom. The van der Waals surface area contributed by atoms with Gasteiger partial charge >= 0.3 is 0 Å². The number of aromatic nitrogens is 2. The van der Waals surface area contributed by atoms with E-state index in [4.69, 9.17) is 5.73 Å². The lowest BCUT2D eigenvalue weighted by Crippen LogP contribution is -2.55. The summed E-state index contributed by atoms with van der Waals surface area (Å²) in [6, 6.07) is 13.4. The molecule has 1 aliphatic rings. The minimum absolute atomic E-state index is 0.289. The molecule has 1 fully saturated rings. The second kappa shape index (κ2) is 6.29. The van der Waals surface area contributed by atoms with Gasteiger partial charge in [-0.15, -0.1) is 0 Å². The van der Waals surface area contributed by atoms with Crippen LogP contribution in [0.25, 0.3) is 16.9 Å². The van der Waals surface area contributed by atoms with E-state index in [-0.39, 0.29) is 5.91 Å². The molecule has 0 atom stereocenters. The number of imidazole rings is 1. The van der Waals surface area contributed by atoms with E-state index in [1.165, 1.54) is 0 Å². The summed E-state index contributed by atoms with van der Waals surface area (Å²) in [6.07, 6.45) is 6.60. The van der Waals surface area contributed by atoms with Crippen LogP contribution >= 0.6 is 0 Å². The quantitative estimate of drug-likeness (QED) is 0.759. The molecule has 132 valence electrons. The molecule has 6 nitrogen and oxygen atoms in total. The molecular weight excluding hydrogens is 328 g/mol. The van der Waals surface area contributed by atoms with Crippen molar-refractivity contribution >= 4 is 17.5 Å². The highest BCUT2D eigenvalue weighted by atomic mass is 16.2. The summed E-state index contributed by atoms with van der Waals surface area (Å²) in [5.74, 6) is -0.749. The van der Waals surface area contributed by atoms with Gasteiger partial charge < -0.3 is 15.5 Å². The standard InChI is InChI=1S/C20H20N4O2/c21-19(26)20(10-4-5-11-20)23-18(25)15-8-9-17-22-16(13-24(17)12-15)14-6-2-1-3-7-14/h1-3,6-9,12-13H,4-5,10-11H2,(H2,21,26)(H,23,25). The molecule has 1 saturated carbocycles. The minimum atomic E-state index is -0.920. The number of fused-ring (bicyclic) bond motifs is 1. The van der Waals surface area contributed by atoms with Gasteiger partial charge in [0.1, 0.15) is 11.2 Å². The van der Waals surface area contributed by atoms with Crippen molar-refractivity contribution in [1.82, 2.24) is 14.7 Å². The summed E-state index contributed by atoms with van der Waals surface area (Å²) in [6.45, 7) is 0. The molecule has 26 heavy (non-hydrogen) atoms. The Balaban J connectivity index is 1.63. The summed E-state index contributed by atoms with van der Waals surface area (Å²) in [5.41, 5.74) is 7.71. The summed E-state index contributed by atoms with van der Waals surface area (Å²) in [4.78, 5) is 29.1. The number of nitrogens with two attached hydrogens (primary N) is 1. The molecule has 3 N–H and O–H groups in total. The van der Waals surface area contributed by atoms with Crippen LogP contribution in [0.4, 0.5) is 0 Å². The molecular formula is C20H20N4O2. The Kier molecular flexibility index (Phi) is 3.95. The Hall–Kier alpha value is -3.15. The van der Waals surface area contributed by atoms with Crippen molar-refractivity contribution < 1.29 is 9.59 Å². The van der Waals surface area contributed by atoms with Gasteiger partial charge in [0.25, 0.3) is 5.91 Å². The maximum absolute atomic E-state index is 12.7. The van der Waals surface area contributed by atoms with Crippen molar-refractivity contribution in [2.24, 2.45) is 5.73 Å². The Morgan fingerprint density at radius 1 is 1.04 bits per heavy atom. The Labute approximate surface area is 151 Å². The summed E-state index contributed by atoms with van der Waals surface area (Å²) >= 11 is 0. The minimum Gasteiger partial charge on any atom is -0.368 e. The van der Waals surface area contributed by atoms with E-state index >= 15 is 0 Å². The predicted octanol–water partition coefficient (Wildman–Crippen LogP) is 2.53. The third kappa shape index (κ3) is 2.83. The molecule has 0 bridgehead atoms. The fourth-order valence-corrected chi connectivity index (χ4v) is 3.58. The molecule has 0 spiro atoms. The molecule has 4 rings (SSSR count). The largest absolute Gasteiger partial charge is 0.368 e. The van der Waals surface area contributed by atoms with Gasteiger partial charge in [-0.1, -0.05) is 43.2 Å². The first-order chi connectivity index (χ1) is 12.6. The fourth-order valence-electron chi connectivity index (χ4n) is 3.58. The van der Waals surface area contributed by atoms with Crippen LogP contribution in [0.2, 0.25) is 0 Å². The van der Waals surface area contributed by atoms with Gasteiger partial charge in [0, 0.05) is 18.0 Å². The summed E-state index contributed by atoms with van der Waals surface area (Å²) in [5, 5.41) is 2.86. The summed E-state index contributed by atoms with van der Waals surface area (Å²) in [7, 11) is 0. The first-order valence-electron chi connectivity index (χ1n) is 8.74. The number of nitrogens with one attached hydrogen (secondary N) is 1. The zero-order valence-corrected chi connectivity index (χ0v) is 14.3. The van der Waals surface area contributed by atoms with Crippen molar-refractivity contribution in [3.8, 4) is 11.3 Å². The van der Waals surface area contributed by atoms with Crippen LogP contribution < -0.4 is 11.1 Å². The second-order valence-corrected chi connectivity index (χ2v) is 6.78. The van der Waals surface area contributed by atoms with Crippen molar-refractivity contribution in [2.75, 3.05) is 0 Å². The van der Waals surface area contributed by atoms with Gasteiger partial charge in [-0.05, 0) is 25.0 Å². The van der Waals surface area contributed by atoms with Crippen LogP contribution in [0.3, 0.4) is 0 Å². The second-order valence-electron chi connectivity index (χ2n) is 6.78.